The third-order valence-corrected chi connectivity index (χ3v) is 4.14. The van der Waals surface area contributed by atoms with E-state index >= 15 is 0 Å². The second-order valence-corrected chi connectivity index (χ2v) is 8.22. The van der Waals surface area contributed by atoms with Crippen LogP contribution in [0.25, 0.3) is 0 Å². The summed E-state index contributed by atoms with van der Waals surface area (Å²) in [6, 6.07) is 1.66. The van der Waals surface area contributed by atoms with Crippen molar-refractivity contribution < 1.29 is 14.1 Å². The van der Waals surface area contributed by atoms with E-state index in [1.54, 1.807) is 17.9 Å². The highest BCUT2D eigenvalue weighted by Crippen LogP contribution is 2.26. The van der Waals surface area contributed by atoms with Crippen LogP contribution in [0.4, 0.5) is 5.82 Å². The number of rotatable bonds is 8. The number of aryl methyl sites for hydroxylation is 1. The largest absolute Gasteiger partial charge is 0.360 e. The summed E-state index contributed by atoms with van der Waals surface area (Å²) in [5, 5.41) is 6.43. The summed E-state index contributed by atoms with van der Waals surface area (Å²) in [7, 11) is 0. The van der Waals surface area contributed by atoms with E-state index in [0.29, 0.717) is 18.0 Å². The molecule has 2 amide bonds. The van der Waals surface area contributed by atoms with Crippen molar-refractivity contribution in [1.82, 2.24) is 10.1 Å². The Bertz CT molecular complexity index is 575. The van der Waals surface area contributed by atoms with Gasteiger partial charge in [0, 0.05) is 18.5 Å². The summed E-state index contributed by atoms with van der Waals surface area (Å²) >= 11 is 0. The summed E-state index contributed by atoms with van der Waals surface area (Å²) in [5.74, 6) is 1.05. The smallest absolute Gasteiger partial charge is 0.245 e. The number of amides is 2. The number of aromatic nitrogens is 1. The van der Waals surface area contributed by atoms with E-state index in [-0.39, 0.29) is 35.7 Å². The number of nitrogens with one attached hydrogen (secondary N) is 1. The molecule has 142 valence electrons. The number of carbonyl (C=O) groups is 2. The number of hydrogen-bond donors (Lipinski definition) is 1. The molecule has 0 bridgehead atoms. The molecule has 6 nitrogen and oxygen atoms in total. The molecule has 0 saturated carbocycles. The molecule has 2 unspecified atom stereocenters. The molecule has 0 aliphatic carbocycles. The zero-order valence-electron chi connectivity index (χ0n) is 16.7. The summed E-state index contributed by atoms with van der Waals surface area (Å²) in [6.45, 7) is 14.4. The molecule has 0 radical (unpaired) electrons. The molecule has 1 aromatic heterocycles. The lowest BCUT2D eigenvalue weighted by atomic mass is 9.84. The minimum absolute atomic E-state index is 0.0131. The zero-order valence-corrected chi connectivity index (χ0v) is 16.7. The number of anilines is 1. The van der Waals surface area contributed by atoms with Gasteiger partial charge in [-0.05, 0) is 38.0 Å². The van der Waals surface area contributed by atoms with Crippen LogP contribution in [0, 0.1) is 18.3 Å². The van der Waals surface area contributed by atoms with E-state index in [4.69, 9.17) is 4.52 Å². The first-order valence-electron chi connectivity index (χ1n) is 9.04. The van der Waals surface area contributed by atoms with E-state index in [1.807, 2.05) is 13.8 Å². The molecule has 0 spiro atoms. The molecular formula is C19H33N3O3. The SMILES string of the molecule is CCC(C)N(CC(=O)Nc1cc(C)on1)C(=O)CC(C)CC(C)(C)C. The molecule has 0 aliphatic heterocycles. The molecule has 6 heteroatoms. The van der Waals surface area contributed by atoms with Crippen LogP contribution in [0.15, 0.2) is 10.6 Å². The molecule has 1 aromatic rings. The average molecular weight is 351 g/mol. The van der Waals surface area contributed by atoms with Gasteiger partial charge in [-0.1, -0.05) is 39.8 Å². The van der Waals surface area contributed by atoms with Crippen molar-refractivity contribution >= 4 is 17.6 Å². The third kappa shape index (κ3) is 7.71. The van der Waals surface area contributed by atoms with Crippen LogP contribution in [0.2, 0.25) is 0 Å². The molecule has 0 saturated heterocycles. The predicted octanol–water partition coefficient (Wildman–Crippen LogP) is 4.01. The zero-order chi connectivity index (χ0) is 19.2. The maximum Gasteiger partial charge on any atom is 0.245 e. The fraction of sp³-hybridized carbons (Fsp3) is 0.737. The van der Waals surface area contributed by atoms with E-state index in [9.17, 15) is 9.59 Å². The van der Waals surface area contributed by atoms with Gasteiger partial charge < -0.3 is 14.7 Å². The van der Waals surface area contributed by atoms with Gasteiger partial charge in [0.2, 0.25) is 11.8 Å². The van der Waals surface area contributed by atoms with E-state index in [0.717, 1.165) is 12.8 Å². The fourth-order valence-electron chi connectivity index (χ4n) is 3.01. The lowest BCUT2D eigenvalue weighted by Gasteiger charge is -2.30. The summed E-state index contributed by atoms with van der Waals surface area (Å²) in [6.07, 6.45) is 2.23. The average Bonchev–Trinajstić information content (AvgIpc) is 2.86. The van der Waals surface area contributed by atoms with Gasteiger partial charge in [0.15, 0.2) is 5.82 Å². The summed E-state index contributed by atoms with van der Waals surface area (Å²) in [4.78, 5) is 26.7. The highest BCUT2D eigenvalue weighted by molar-refractivity contribution is 5.93. The molecule has 1 rings (SSSR count). The van der Waals surface area contributed by atoms with Crippen LogP contribution in [-0.4, -0.2) is 34.5 Å². The Morgan fingerprint density at radius 3 is 2.44 bits per heavy atom. The second kappa shape index (κ2) is 9.02. The van der Waals surface area contributed by atoms with E-state index < -0.39 is 0 Å². The van der Waals surface area contributed by atoms with Crippen LogP contribution in [0.5, 0.6) is 0 Å². The minimum Gasteiger partial charge on any atom is -0.360 e. The van der Waals surface area contributed by atoms with Crippen LogP contribution < -0.4 is 5.32 Å². The molecule has 0 aliphatic rings. The van der Waals surface area contributed by atoms with Gasteiger partial charge in [0.1, 0.15) is 12.3 Å². The van der Waals surface area contributed by atoms with Gasteiger partial charge in [0.25, 0.3) is 0 Å². The van der Waals surface area contributed by atoms with Crippen molar-refractivity contribution in [2.45, 2.75) is 73.8 Å². The van der Waals surface area contributed by atoms with Gasteiger partial charge in [-0.3, -0.25) is 9.59 Å². The Labute approximate surface area is 151 Å². The van der Waals surface area contributed by atoms with Gasteiger partial charge in [-0.15, -0.1) is 0 Å². The van der Waals surface area contributed by atoms with Crippen LogP contribution in [0.1, 0.15) is 66.6 Å². The summed E-state index contributed by atoms with van der Waals surface area (Å²) < 4.78 is 4.94. The molecule has 25 heavy (non-hydrogen) atoms. The monoisotopic (exact) mass is 351 g/mol. The fourth-order valence-corrected chi connectivity index (χ4v) is 3.01. The van der Waals surface area contributed by atoms with Gasteiger partial charge >= 0.3 is 0 Å². The van der Waals surface area contributed by atoms with E-state index in [1.165, 1.54) is 0 Å². The predicted molar refractivity (Wildman–Crippen MR) is 99.2 cm³/mol. The molecule has 0 fully saturated rings. The van der Waals surface area contributed by atoms with Crippen LogP contribution >= 0.6 is 0 Å². The normalized spacial score (nSPS) is 14.0. The number of nitrogens with zero attached hydrogens (tertiary/aromatic N) is 2. The first-order valence-corrected chi connectivity index (χ1v) is 9.04. The van der Waals surface area contributed by atoms with Crippen molar-refractivity contribution in [3.8, 4) is 0 Å². The van der Waals surface area contributed by atoms with E-state index in [2.05, 4.69) is 38.2 Å². The quantitative estimate of drug-likeness (QED) is 0.768. The lowest BCUT2D eigenvalue weighted by molar-refractivity contribution is -0.137. The van der Waals surface area contributed by atoms with Crippen molar-refractivity contribution in [3.63, 3.8) is 0 Å². The van der Waals surface area contributed by atoms with Crippen LogP contribution in [0.3, 0.4) is 0 Å². The van der Waals surface area contributed by atoms with Crippen LogP contribution in [-0.2, 0) is 9.59 Å². The topological polar surface area (TPSA) is 75.4 Å². The van der Waals surface area contributed by atoms with Crippen molar-refractivity contribution in [3.05, 3.63) is 11.8 Å². The Hall–Kier alpha value is -1.85. The molecule has 0 aromatic carbocycles. The standard InChI is InChI=1S/C19H33N3O3/c1-8-14(3)22(18(24)9-13(2)11-19(5,6)7)12-17(23)20-16-10-15(4)25-21-16/h10,13-14H,8-9,11-12H2,1-7H3,(H,20,21,23). The second-order valence-electron chi connectivity index (χ2n) is 8.22. The Morgan fingerprint density at radius 1 is 1.32 bits per heavy atom. The third-order valence-electron chi connectivity index (χ3n) is 4.14. The Morgan fingerprint density at radius 2 is 1.96 bits per heavy atom. The number of hydrogen-bond acceptors (Lipinski definition) is 4. The van der Waals surface area contributed by atoms with Crippen molar-refractivity contribution in [2.75, 3.05) is 11.9 Å². The van der Waals surface area contributed by atoms with Crippen molar-refractivity contribution in [1.29, 1.82) is 0 Å². The first-order chi connectivity index (χ1) is 11.5. The highest BCUT2D eigenvalue weighted by atomic mass is 16.5. The maximum absolute atomic E-state index is 12.7. The van der Waals surface area contributed by atoms with Gasteiger partial charge in [-0.2, -0.15) is 0 Å². The summed E-state index contributed by atoms with van der Waals surface area (Å²) in [5.41, 5.74) is 0.184. The minimum atomic E-state index is -0.259. The maximum atomic E-state index is 12.7. The molecule has 2 atom stereocenters. The molecule has 1 heterocycles. The Kier molecular flexibility index (Phi) is 7.64. The van der Waals surface area contributed by atoms with Gasteiger partial charge in [-0.25, -0.2) is 0 Å². The number of carbonyl (C=O) groups excluding carboxylic acids is 2. The molecular weight excluding hydrogens is 318 g/mol. The highest BCUT2D eigenvalue weighted by Gasteiger charge is 2.25. The molecule has 1 N–H and O–H groups in total. The first kappa shape index (κ1) is 21.2. The van der Waals surface area contributed by atoms with Gasteiger partial charge in [0.05, 0.1) is 0 Å². The lowest BCUT2D eigenvalue weighted by Crippen LogP contribution is -2.44. The Balaban J connectivity index is 2.69. The van der Waals surface area contributed by atoms with Crippen molar-refractivity contribution in [2.24, 2.45) is 11.3 Å².